The number of hydrazone groups is 1. The summed E-state index contributed by atoms with van der Waals surface area (Å²) < 4.78 is 11.2. The minimum atomic E-state index is -0.466. The number of hydrogen-bond donors (Lipinski definition) is 1. The van der Waals surface area contributed by atoms with Gasteiger partial charge in [-0.15, -0.1) is 0 Å². The standard InChI is InChI=1S/C22H21N3O5/c1-14-7-8-15(2)22(16(14)3)29-13-21(26)24-23-12-19-9-10-20(30-19)17-5-4-6-18(11-17)25(27)28/h4-12H,13H2,1-3H3,(H,24,26)/b23-12+. The average Bonchev–Trinajstić information content (AvgIpc) is 3.20. The molecule has 0 aliphatic rings. The summed E-state index contributed by atoms with van der Waals surface area (Å²) in [6.07, 6.45) is 1.35. The zero-order valence-electron chi connectivity index (χ0n) is 16.8. The summed E-state index contributed by atoms with van der Waals surface area (Å²) in [5.74, 6) is 1.14. The molecule has 1 N–H and O–H groups in total. The summed E-state index contributed by atoms with van der Waals surface area (Å²) >= 11 is 0. The van der Waals surface area contributed by atoms with Crippen molar-refractivity contribution in [3.63, 3.8) is 0 Å². The number of nitrogens with one attached hydrogen (secondary N) is 1. The minimum Gasteiger partial charge on any atom is -0.483 e. The molecule has 8 nitrogen and oxygen atoms in total. The van der Waals surface area contributed by atoms with E-state index >= 15 is 0 Å². The summed E-state index contributed by atoms with van der Waals surface area (Å²) in [5, 5.41) is 14.8. The van der Waals surface area contributed by atoms with E-state index in [9.17, 15) is 14.9 Å². The summed E-state index contributed by atoms with van der Waals surface area (Å²) in [4.78, 5) is 22.4. The lowest BCUT2D eigenvalue weighted by Crippen LogP contribution is -2.25. The highest BCUT2D eigenvalue weighted by Crippen LogP contribution is 2.26. The Morgan fingerprint density at radius 3 is 2.70 bits per heavy atom. The van der Waals surface area contributed by atoms with E-state index in [0.29, 0.717) is 22.8 Å². The first-order chi connectivity index (χ1) is 14.3. The molecule has 1 aromatic heterocycles. The highest BCUT2D eigenvalue weighted by Gasteiger charge is 2.11. The largest absolute Gasteiger partial charge is 0.483 e. The van der Waals surface area contributed by atoms with E-state index in [1.54, 1.807) is 24.3 Å². The zero-order chi connectivity index (χ0) is 21.7. The zero-order valence-corrected chi connectivity index (χ0v) is 16.8. The first-order valence-corrected chi connectivity index (χ1v) is 9.21. The molecule has 0 aliphatic carbocycles. The number of amides is 1. The third kappa shape index (κ3) is 4.91. The monoisotopic (exact) mass is 407 g/mol. The van der Waals surface area contributed by atoms with Crippen LogP contribution in [0.3, 0.4) is 0 Å². The van der Waals surface area contributed by atoms with Crippen LogP contribution in [0.25, 0.3) is 11.3 Å². The molecule has 2 aromatic carbocycles. The first kappa shape index (κ1) is 20.8. The molecule has 1 heterocycles. The van der Waals surface area contributed by atoms with Crippen LogP contribution in [0.1, 0.15) is 22.5 Å². The van der Waals surface area contributed by atoms with Crippen LogP contribution in [-0.4, -0.2) is 23.7 Å². The maximum atomic E-state index is 12.0. The van der Waals surface area contributed by atoms with Gasteiger partial charge < -0.3 is 9.15 Å². The number of benzene rings is 2. The van der Waals surface area contributed by atoms with Gasteiger partial charge in [-0.3, -0.25) is 14.9 Å². The number of hydrogen-bond acceptors (Lipinski definition) is 6. The Kier molecular flexibility index (Phi) is 6.26. The number of nitro benzene ring substituents is 1. The van der Waals surface area contributed by atoms with E-state index in [-0.39, 0.29) is 12.3 Å². The maximum absolute atomic E-state index is 12.0. The maximum Gasteiger partial charge on any atom is 0.277 e. The molecule has 0 radical (unpaired) electrons. The number of rotatable bonds is 7. The van der Waals surface area contributed by atoms with Crippen molar-refractivity contribution in [1.29, 1.82) is 0 Å². The topological polar surface area (TPSA) is 107 Å². The molecule has 0 spiro atoms. The normalized spacial score (nSPS) is 10.9. The number of nitrogens with zero attached hydrogens (tertiary/aromatic N) is 2. The predicted molar refractivity (Wildman–Crippen MR) is 113 cm³/mol. The van der Waals surface area contributed by atoms with Crippen LogP contribution < -0.4 is 10.2 Å². The fourth-order valence-electron chi connectivity index (χ4n) is 2.84. The van der Waals surface area contributed by atoms with E-state index < -0.39 is 10.8 Å². The Morgan fingerprint density at radius 1 is 1.17 bits per heavy atom. The molecule has 8 heteroatoms. The van der Waals surface area contributed by atoms with Gasteiger partial charge in [0.05, 0.1) is 11.1 Å². The Bertz CT molecular complexity index is 1120. The molecule has 30 heavy (non-hydrogen) atoms. The van der Waals surface area contributed by atoms with E-state index in [4.69, 9.17) is 9.15 Å². The lowest BCUT2D eigenvalue weighted by atomic mass is 10.1. The molecule has 0 bridgehead atoms. The molecule has 3 rings (SSSR count). The second kappa shape index (κ2) is 9.04. The molecule has 0 aliphatic heterocycles. The van der Waals surface area contributed by atoms with Crippen LogP contribution in [0.5, 0.6) is 5.75 Å². The van der Waals surface area contributed by atoms with Gasteiger partial charge in [0.1, 0.15) is 17.3 Å². The summed E-state index contributed by atoms with van der Waals surface area (Å²) in [6, 6.07) is 13.4. The quantitative estimate of drug-likeness (QED) is 0.357. The van der Waals surface area contributed by atoms with Crippen molar-refractivity contribution < 1.29 is 18.9 Å². The fraction of sp³-hybridized carbons (Fsp3) is 0.182. The van der Waals surface area contributed by atoms with Crippen molar-refractivity contribution in [2.45, 2.75) is 20.8 Å². The first-order valence-electron chi connectivity index (χ1n) is 9.21. The number of carbonyl (C=O) groups excluding carboxylic acids is 1. The van der Waals surface area contributed by atoms with Crippen molar-refractivity contribution in [2.24, 2.45) is 5.10 Å². The third-order valence-electron chi connectivity index (χ3n) is 4.57. The number of nitro groups is 1. The van der Waals surface area contributed by atoms with E-state index in [1.165, 1.54) is 18.3 Å². The van der Waals surface area contributed by atoms with Crippen LogP contribution in [0.15, 0.2) is 58.0 Å². The average molecular weight is 407 g/mol. The van der Waals surface area contributed by atoms with Gasteiger partial charge in [-0.1, -0.05) is 24.3 Å². The molecule has 0 unspecified atom stereocenters. The highest BCUT2D eigenvalue weighted by molar-refractivity contribution is 5.81. The van der Waals surface area contributed by atoms with Crippen molar-refractivity contribution in [3.8, 4) is 17.1 Å². The van der Waals surface area contributed by atoms with Gasteiger partial charge in [0, 0.05) is 17.7 Å². The smallest absolute Gasteiger partial charge is 0.277 e. The van der Waals surface area contributed by atoms with Crippen LogP contribution in [-0.2, 0) is 4.79 Å². The molecule has 3 aromatic rings. The van der Waals surface area contributed by atoms with E-state index in [0.717, 1.165) is 16.7 Å². The summed E-state index contributed by atoms with van der Waals surface area (Å²) in [6.45, 7) is 5.69. The van der Waals surface area contributed by atoms with Crippen LogP contribution in [0.4, 0.5) is 5.69 Å². The number of aryl methyl sites for hydroxylation is 2. The van der Waals surface area contributed by atoms with E-state index in [1.807, 2.05) is 32.9 Å². The van der Waals surface area contributed by atoms with Crippen molar-refractivity contribution in [1.82, 2.24) is 5.43 Å². The third-order valence-corrected chi connectivity index (χ3v) is 4.57. The second-order valence-electron chi connectivity index (χ2n) is 6.74. The molecular weight excluding hydrogens is 386 g/mol. The van der Waals surface area contributed by atoms with Gasteiger partial charge in [-0.25, -0.2) is 5.43 Å². The molecule has 0 saturated carbocycles. The Hall–Kier alpha value is -3.94. The molecular formula is C22H21N3O5. The van der Waals surface area contributed by atoms with Crippen LogP contribution in [0, 0.1) is 30.9 Å². The Morgan fingerprint density at radius 2 is 1.93 bits per heavy atom. The number of carbonyl (C=O) groups is 1. The van der Waals surface area contributed by atoms with Crippen LogP contribution >= 0.6 is 0 Å². The summed E-state index contributed by atoms with van der Waals surface area (Å²) in [7, 11) is 0. The molecule has 0 saturated heterocycles. The van der Waals surface area contributed by atoms with Gasteiger partial charge in [0.2, 0.25) is 0 Å². The SMILES string of the molecule is Cc1ccc(C)c(OCC(=O)N/N=C/c2ccc(-c3cccc([N+](=O)[O-])c3)o2)c1C. The minimum absolute atomic E-state index is 0.0227. The van der Waals surface area contributed by atoms with Crippen LogP contribution in [0.2, 0.25) is 0 Å². The Balaban J connectivity index is 1.57. The lowest BCUT2D eigenvalue weighted by molar-refractivity contribution is -0.384. The molecule has 0 atom stereocenters. The van der Waals surface area contributed by atoms with Gasteiger partial charge in [0.15, 0.2) is 6.61 Å². The molecule has 1 amide bonds. The molecule has 0 fully saturated rings. The lowest BCUT2D eigenvalue weighted by Gasteiger charge is -2.13. The van der Waals surface area contributed by atoms with Gasteiger partial charge in [-0.2, -0.15) is 5.10 Å². The molecule has 154 valence electrons. The second-order valence-corrected chi connectivity index (χ2v) is 6.74. The van der Waals surface area contributed by atoms with Crippen molar-refractivity contribution >= 4 is 17.8 Å². The predicted octanol–water partition coefficient (Wildman–Crippen LogP) is 4.31. The number of non-ortho nitro benzene ring substituents is 1. The van der Waals surface area contributed by atoms with E-state index in [2.05, 4.69) is 10.5 Å². The number of ether oxygens (including phenoxy) is 1. The van der Waals surface area contributed by atoms with Crippen molar-refractivity contribution in [2.75, 3.05) is 6.61 Å². The van der Waals surface area contributed by atoms with Gasteiger partial charge in [0.25, 0.3) is 11.6 Å². The fourth-order valence-corrected chi connectivity index (χ4v) is 2.84. The van der Waals surface area contributed by atoms with Gasteiger partial charge in [-0.05, 0) is 49.6 Å². The number of furan rings is 1. The summed E-state index contributed by atoms with van der Waals surface area (Å²) in [5.41, 5.74) is 5.98. The highest BCUT2D eigenvalue weighted by atomic mass is 16.6. The van der Waals surface area contributed by atoms with Gasteiger partial charge >= 0.3 is 0 Å². The Labute approximate surface area is 173 Å². The van der Waals surface area contributed by atoms with Crippen molar-refractivity contribution in [3.05, 3.63) is 81.1 Å².